The van der Waals surface area contributed by atoms with Gasteiger partial charge in [0.05, 0.1) is 11.0 Å². The summed E-state index contributed by atoms with van der Waals surface area (Å²) in [5.41, 5.74) is 3.96. The summed E-state index contributed by atoms with van der Waals surface area (Å²) < 4.78 is 0. The molecule has 6 nitrogen and oxygen atoms in total. The van der Waals surface area contributed by atoms with E-state index in [4.69, 9.17) is 4.98 Å². The molecule has 0 unspecified atom stereocenters. The van der Waals surface area contributed by atoms with E-state index in [2.05, 4.69) is 17.2 Å². The number of amides is 3. The van der Waals surface area contributed by atoms with Gasteiger partial charge in [0.2, 0.25) is 0 Å². The number of nitrogens with one attached hydrogen (secondary N) is 2. The van der Waals surface area contributed by atoms with Crippen molar-refractivity contribution < 1.29 is 9.59 Å². The second-order valence-corrected chi connectivity index (χ2v) is 9.32. The predicted molar refractivity (Wildman–Crippen MR) is 124 cm³/mol. The number of carbonyl (C=O) groups excluding carboxylic acids is 2. The van der Waals surface area contributed by atoms with E-state index in [1.54, 1.807) is 0 Å². The van der Waals surface area contributed by atoms with Gasteiger partial charge < -0.3 is 10.3 Å². The fourth-order valence-electron chi connectivity index (χ4n) is 5.37. The molecule has 0 radical (unpaired) electrons. The normalized spacial score (nSPS) is 21.7. The van der Waals surface area contributed by atoms with Gasteiger partial charge in [-0.3, -0.25) is 9.69 Å². The highest BCUT2D eigenvalue weighted by molar-refractivity contribution is 6.05. The lowest BCUT2D eigenvalue weighted by Gasteiger charge is -2.30. The first-order chi connectivity index (χ1) is 15.5. The molecule has 2 heterocycles. The number of imidazole rings is 1. The van der Waals surface area contributed by atoms with Crippen LogP contribution in [-0.4, -0.2) is 32.8 Å². The van der Waals surface area contributed by atoms with E-state index in [-0.39, 0.29) is 23.8 Å². The van der Waals surface area contributed by atoms with Crippen LogP contribution in [0.15, 0.2) is 48.5 Å². The monoisotopic (exact) mass is 430 g/mol. The summed E-state index contributed by atoms with van der Waals surface area (Å²) in [5, 5.41) is 3.02. The van der Waals surface area contributed by atoms with Gasteiger partial charge in [-0.1, -0.05) is 62.6 Å². The summed E-state index contributed by atoms with van der Waals surface area (Å²) in [6.07, 6.45) is 5.44. The summed E-state index contributed by atoms with van der Waals surface area (Å²) >= 11 is 0. The van der Waals surface area contributed by atoms with E-state index in [1.807, 2.05) is 55.5 Å². The molecule has 1 aromatic heterocycles. The average Bonchev–Trinajstić information content (AvgIpc) is 3.36. The number of aromatic nitrogens is 2. The lowest BCUT2D eigenvalue weighted by Crippen LogP contribution is -2.40. The van der Waals surface area contributed by atoms with Crippen LogP contribution >= 0.6 is 0 Å². The molecule has 3 atom stereocenters. The van der Waals surface area contributed by atoms with E-state index in [1.165, 1.54) is 11.3 Å². The van der Waals surface area contributed by atoms with Gasteiger partial charge in [-0.15, -0.1) is 0 Å². The van der Waals surface area contributed by atoms with Crippen LogP contribution in [0.25, 0.3) is 11.0 Å². The van der Waals surface area contributed by atoms with Crippen molar-refractivity contribution in [2.75, 3.05) is 0 Å². The van der Waals surface area contributed by atoms with Gasteiger partial charge >= 0.3 is 6.03 Å². The highest BCUT2D eigenvalue weighted by atomic mass is 16.2. The number of aryl methyl sites for hydroxylation is 1. The minimum Gasteiger partial charge on any atom is -0.340 e. The van der Waals surface area contributed by atoms with E-state index in [0.717, 1.165) is 47.8 Å². The maximum Gasteiger partial charge on any atom is 0.325 e. The molecule has 1 saturated heterocycles. The first kappa shape index (κ1) is 20.7. The number of H-pyrrole nitrogens is 1. The summed E-state index contributed by atoms with van der Waals surface area (Å²) in [5.74, 6) is 0.634. The van der Waals surface area contributed by atoms with Gasteiger partial charge in [0.1, 0.15) is 17.9 Å². The highest BCUT2D eigenvalue weighted by Gasteiger charge is 2.48. The molecule has 0 spiro atoms. The van der Waals surface area contributed by atoms with Crippen molar-refractivity contribution >= 4 is 23.0 Å². The Kier molecular flexibility index (Phi) is 5.45. The average molecular weight is 431 g/mol. The number of urea groups is 1. The van der Waals surface area contributed by atoms with E-state index < -0.39 is 12.1 Å². The van der Waals surface area contributed by atoms with Crippen LogP contribution in [0.4, 0.5) is 4.79 Å². The number of aromatic amines is 1. The van der Waals surface area contributed by atoms with Gasteiger partial charge in [-0.2, -0.15) is 0 Å². The summed E-state index contributed by atoms with van der Waals surface area (Å²) in [7, 11) is 0. The zero-order valence-electron chi connectivity index (χ0n) is 18.7. The van der Waals surface area contributed by atoms with Crippen LogP contribution in [0.1, 0.15) is 67.9 Å². The third-order valence-corrected chi connectivity index (χ3v) is 7.14. The number of rotatable bonds is 5. The molecule has 2 aliphatic rings. The van der Waals surface area contributed by atoms with Gasteiger partial charge in [0.15, 0.2) is 0 Å². The number of hydrogen-bond acceptors (Lipinski definition) is 3. The Labute approximate surface area is 188 Å². The number of nitrogens with zero attached hydrogens (tertiary/aromatic N) is 2. The van der Waals surface area contributed by atoms with E-state index in [9.17, 15) is 9.59 Å². The third-order valence-electron chi connectivity index (χ3n) is 7.14. The van der Waals surface area contributed by atoms with Gasteiger partial charge in [-0.05, 0) is 48.9 Å². The molecule has 5 rings (SSSR count). The molecule has 1 aliphatic heterocycles. The van der Waals surface area contributed by atoms with Crippen LogP contribution in [0.3, 0.4) is 0 Å². The Balaban J connectivity index is 1.56. The van der Waals surface area contributed by atoms with Crippen LogP contribution in [-0.2, 0) is 4.79 Å². The zero-order valence-corrected chi connectivity index (χ0v) is 18.7. The van der Waals surface area contributed by atoms with Crippen molar-refractivity contribution in [2.24, 2.45) is 5.92 Å². The number of benzene rings is 2. The molecule has 2 fully saturated rings. The fourth-order valence-corrected chi connectivity index (χ4v) is 5.37. The van der Waals surface area contributed by atoms with Crippen LogP contribution in [0, 0.1) is 12.8 Å². The molecule has 0 bridgehead atoms. The molecule has 3 amide bonds. The molecular weight excluding hydrogens is 400 g/mol. The van der Waals surface area contributed by atoms with Crippen LogP contribution < -0.4 is 5.32 Å². The Morgan fingerprint density at radius 3 is 2.53 bits per heavy atom. The molecule has 166 valence electrons. The molecule has 3 aromatic rings. The van der Waals surface area contributed by atoms with Crippen molar-refractivity contribution in [3.63, 3.8) is 0 Å². The highest BCUT2D eigenvalue weighted by Crippen LogP contribution is 2.39. The van der Waals surface area contributed by atoms with E-state index in [0.29, 0.717) is 5.82 Å². The second-order valence-electron chi connectivity index (χ2n) is 9.32. The molecule has 2 N–H and O–H groups in total. The minimum atomic E-state index is -0.508. The Morgan fingerprint density at radius 1 is 1.03 bits per heavy atom. The smallest absolute Gasteiger partial charge is 0.325 e. The summed E-state index contributed by atoms with van der Waals surface area (Å²) in [6, 6.07) is 14.8. The Bertz CT molecular complexity index is 1130. The molecule has 2 aromatic carbocycles. The number of carbonyl (C=O) groups is 2. The SMILES string of the molecule is Cc1ccc2nc([C@H]([C@@H](C)c3ccccc3)N3C(=O)N[C@H](C4CCCCC4)C3=O)[nH]c2c1. The van der Waals surface area contributed by atoms with Crippen molar-refractivity contribution in [2.45, 2.75) is 64.0 Å². The van der Waals surface area contributed by atoms with Crippen molar-refractivity contribution in [3.8, 4) is 0 Å². The lowest BCUT2D eigenvalue weighted by atomic mass is 9.83. The Hall–Kier alpha value is -3.15. The topological polar surface area (TPSA) is 78.1 Å². The number of hydrogen-bond donors (Lipinski definition) is 2. The zero-order chi connectivity index (χ0) is 22.2. The Morgan fingerprint density at radius 2 is 1.78 bits per heavy atom. The summed E-state index contributed by atoms with van der Waals surface area (Å²) in [6.45, 7) is 4.10. The quantitative estimate of drug-likeness (QED) is 0.545. The molecule has 1 saturated carbocycles. The molecular formula is C26H30N4O2. The molecule has 1 aliphatic carbocycles. The lowest BCUT2D eigenvalue weighted by molar-refractivity contribution is -0.131. The number of imide groups is 1. The largest absolute Gasteiger partial charge is 0.340 e. The minimum absolute atomic E-state index is 0.113. The third kappa shape index (κ3) is 3.68. The fraction of sp³-hybridized carbons (Fsp3) is 0.423. The van der Waals surface area contributed by atoms with Crippen molar-refractivity contribution in [1.29, 1.82) is 0 Å². The second kappa shape index (κ2) is 8.41. The maximum absolute atomic E-state index is 13.6. The molecule has 6 heteroatoms. The first-order valence-electron chi connectivity index (χ1n) is 11.7. The van der Waals surface area contributed by atoms with Crippen molar-refractivity contribution in [3.05, 3.63) is 65.5 Å². The van der Waals surface area contributed by atoms with Crippen LogP contribution in [0.2, 0.25) is 0 Å². The van der Waals surface area contributed by atoms with Crippen LogP contribution in [0.5, 0.6) is 0 Å². The predicted octanol–water partition coefficient (Wildman–Crippen LogP) is 5.22. The van der Waals surface area contributed by atoms with Gasteiger partial charge in [0, 0.05) is 5.92 Å². The summed E-state index contributed by atoms with van der Waals surface area (Å²) in [4.78, 5) is 36.5. The molecule has 32 heavy (non-hydrogen) atoms. The first-order valence-corrected chi connectivity index (χ1v) is 11.7. The number of fused-ring (bicyclic) bond motifs is 1. The maximum atomic E-state index is 13.6. The van der Waals surface area contributed by atoms with Gasteiger partial charge in [-0.25, -0.2) is 9.78 Å². The van der Waals surface area contributed by atoms with Gasteiger partial charge in [0.25, 0.3) is 5.91 Å². The van der Waals surface area contributed by atoms with Crippen molar-refractivity contribution in [1.82, 2.24) is 20.2 Å². The standard InChI is InChI=1S/C26H30N4O2/c1-16-13-14-20-21(15-16)28-24(27-20)23(17(2)18-9-5-3-6-10-18)30-25(31)22(29-26(30)32)19-11-7-4-8-12-19/h3,5-6,9-10,13-15,17,19,22-23H,4,7-8,11-12H2,1-2H3,(H,27,28)(H,29,32)/t17-,22+,23-/m0/s1. The van der Waals surface area contributed by atoms with E-state index >= 15 is 0 Å².